The van der Waals surface area contributed by atoms with Gasteiger partial charge in [-0.25, -0.2) is 4.68 Å². The first-order chi connectivity index (χ1) is 10.3. The van der Waals surface area contributed by atoms with Gasteiger partial charge in [0.1, 0.15) is 5.75 Å². The van der Waals surface area contributed by atoms with Gasteiger partial charge in [0.2, 0.25) is 0 Å². The zero-order valence-electron chi connectivity index (χ0n) is 12.3. The van der Waals surface area contributed by atoms with E-state index < -0.39 is 0 Å². The van der Waals surface area contributed by atoms with Gasteiger partial charge in [-0.05, 0) is 41.3 Å². The maximum atomic E-state index is 6.10. The first kappa shape index (κ1) is 13.9. The number of rotatable bonds is 4. The number of nitrogens with two attached hydrogens (primary N) is 1. The van der Waals surface area contributed by atoms with E-state index in [1.54, 1.807) is 7.11 Å². The summed E-state index contributed by atoms with van der Waals surface area (Å²) in [4.78, 5) is 0. The van der Waals surface area contributed by atoms with Gasteiger partial charge in [0.15, 0.2) is 5.82 Å². The molecule has 1 aliphatic rings. The molecule has 2 aromatic rings. The molecule has 1 fully saturated rings. The number of methoxy groups -OCH3 is 1. The molecule has 1 heterocycles. The molecule has 0 unspecified atom stereocenters. The van der Waals surface area contributed by atoms with Crippen LogP contribution in [-0.2, 0) is 6.54 Å². The molecule has 0 aliphatic heterocycles. The second-order valence-electron chi connectivity index (χ2n) is 5.61. The molecule has 1 saturated carbocycles. The molecule has 2 N–H and O–H groups in total. The van der Waals surface area contributed by atoms with E-state index in [9.17, 15) is 0 Å². The highest BCUT2D eigenvalue weighted by molar-refractivity contribution is 5.77. The monoisotopic (exact) mass is 287 g/mol. The van der Waals surface area contributed by atoms with Gasteiger partial charge in [0.05, 0.1) is 12.7 Å². The molecule has 1 aromatic heterocycles. The van der Waals surface area contributed by atoms with Gasteiger partial charge >= 0.3 is 0 Å². The lowest BCUT2D eigenvalue weighted by Crippen LogP contribution is -2.16. The van der Waals surface area contributed by atoms with Crippen molar-refractivity contribution in [3.63, 3.8) is 0 Å². The second-order valence-corrected chi connectivity index (χ2v) is 5.61. The highest BCUT2D eigenvalue weighted by Gasteiger charge is 2.20. The van der Waals surface area contributed by atoms with Crippen LogP contribution in [0.5, 0.6) is 5.75 Å². The van der Waals surface area contributed by atoms with Crippen molar-refractivity contribution < 1.29 is 4.74 Å². The lowest BCUT2D eigenvalue weighted by molar-refractivity contribution is 0.307. The average molecular weight is 287 g/mol. The molecule has 0 bridgehead atoms. The van der Waals surface area contributed by atoms with Crippen molar-refractivity contribution in [2.45, 2.75) is 38.6 Å². The molecule has 112 valence electrons. The SMILES string of the molecule is COc1cccc(N)c1-c1nnnn1CC1CCCCC1. The molecule has 0 spiro atoms. The minimum Gasteiger partial charge on any atom is -0.496 e. The van der Waals surface area contributed by atoms with Gasteiger partial charge in [-0.2, -0.15) is 0 Å². The van der Waals surface area contributed by atoms with Crippen LogP contribution in [0.4, 0.5) is 5.69 Å². The van der Waals surface area contributed by atoms with Gasteiger partial charge in [0.25, 0.3) is 0 Å². The van der Waals surface area contributed by atoms with Crippen LogP contribution in [0.25, 0.3) is 11.4 Å². The van der Waals surface area contributed by atoms with E-state index in [-0.39, 0.29) is 0 Å². The molecule has 3 rings (SSSR count). The third kappa shape index (κ3) is 2.84. The van der Waals surface area contributed by atoms with E-state index in [2.05, 4.69) is 15.5 Å². The molecule has 21 heavy (non-hydrogen) atoms. The predicted octanol–water partition coefficient (Wildman–Crippen LogP) is 2.51. The van der Waals surface area contributed by atoms with Gasteiger partial charge in [-0.15, -0.1) is 5.10 Å². The Balaban J connectivity index is 1.91. The number of nitrogens with zero attached hydrogens (tertiary/aromatic N) is 4. The topological polar surface area (TPSA) is 78.8 Å². The van der Waals surface area contributed by atoms with Crippen molar-refractivity contribution >= 4 is 5.69 Å². The number of ether oxygens (including phenoxy) is 1. The quantitative estimate of drug-likeness (QED) is 0.874. The number of anilines is 1. The number of hydrogen-bond donors (Lipinski definition) is 1. The van der Waals surface area contributed by atoms with E-state index in [1.165, 1.54) is 32.1 Å². The van der Waals surface area contributed by atoms with Crippen molar-refractivity contribution in [3.8, 4) is 17.1 Å². The Morgan fingerprint density at radius 1 is 1.29 bits per heavy atom. The third-order valence-corrected chi connectivity index (χ3v) is 4.19. The smallest absolute Gasteiger partial charge is 0.187 e. The fourth-order valence-electron chi connectivity index (χ4n) is 3.08. The normalized spacial score (nSPS) is 16.0. The van der Waals surface area contributed by atoms with Gasteiger partial charge in [-0.3, -0.25) is 0 Å². The van der Waals surface area contributed by atoms with Crippen molar-refractivity contribution in [2.75, 3.05) is 12.8 Å². The average Bonchev–Trinajstić information content (AvgIpc) is 2.95. The number of nitrogen functional groups attached to an aromatic ring is 1. The first-order valence-corrected chi connectivity index (χ1v) is 7.48. The van der Waals surface area contributed by atoms with E-state index in [0.29, 0.717) is 23.2 Å². The zero-order chi connectivity index (χ0) is 14.7. The Labute approximate surface area is 124 Å². The van der Waals surface area contributed by atoms with Crippen molar-refractivity contribution in [1.82, 2.24) is 20.2 Å². The Bertz CT molecular complexity index is 604. The van der Waals surface area contributed by atoms with Crippen LogP contribution >= 0.6 is 0 Å². The van der Waals surface area contributed by atoms with Crippen LogP contribution in [0.15, 0.2) is 18.2 Å². The molecule has 1 aliphatic carbocycles. The highest BCUT2D eigenvalue weighted by Crippen LogP contribution is 2.34. The summed E-state index contributed by atoms with van der Waals surface area (Å²) in [5.74, 6) is 2.04. The Kier molecular flexibility index (Phi) is 4.03. The summed E-state index contributed by atoms with van der Waals surface area (Å²) < 4.78 is 7.27. The number of hydrogen-bond acceptors (Lipinski definition) is 5. The van der Waals surface area contributed by atoms with Gasteiger partial charge in [-0.1, -0.05) is 25.3 Å². The van der Waals surface area contributed by atoms with Crippen LogP contribution in [0.2, 0.25) is 0 Å². The number of tetrazole rings is 1. The number of benzene rings is 1. The summed E-state index contributed by atoms with van der Waals surface area (Å²) in [5, 5.41) is 12.1. The van der Waals surface area contributed by atoms with E-state index in [1.807, 2.05) is 22.9 Å². The van der Waals surface area contributed by atoms with Crippen LogP contribution in [0.1, 0.15) is 32.1 Å². The van der Waals surface area contributed by atoms with E-state index in [0.717, 1.165) is 12.1 Å². The molecule has 0 saturated heterocycles. The maximum absolute atomic E-state index is 6.10. The highest BCUT2D eigenvalue weighted by atomic mass is 16.5. The summed E-state index contributed by atoms with van der Waals surface area (Å²) in [7, 11) is 1.63. The molecular weight excluding hydrogens is 266 g/mol. The summed E-state index contributed by atoms with van der Waals surface area (Å²) >= 11 is 0. The summed E-state index contributed by atoms with van der Waals surface area (Å²) in [6.45, 7) is 0.847. The fourth-order valence-corrected chi connectivity index (χ4v) is 3.08. The molecular formula is C15H21N5O. The van der Waals surface area contributed by atoms with Crippen LogP contribution in [0, 0.1) is 5.92 Å². The fraction of sp³-hybridized carbons (Fsp3) is 0.533. The standard InChI is InChI=1S/C15H21N5O/c1-21-13-9-5-8-12(16)14(13)15-17-18-19-20(15)10-11-6-3-2-4-7-11/h5,8-9,11H,2-4,6-7,10,16H2,1H3. The van der Waals surface area contributed by atoms with Crippen LogP contribution in [0.3, 0.4) is 0 Å². The summed E-state index contributed by atoms with van der Waals surface area (Å²) in [6, 6.07) is 5.59. The third-order valence-electron chi connectivity index (χ3n) is 4.19. The van der Waals surface area contributed by atoms with Crippen LogP contribution < -0.4 is 10.5 Å². The molecule has 0 radical (unpaired) electrons. The largest absolute Gasteiger partial charge is 0.496 e. The minimum absolute atomic E-state index is 0.633. The Morgan fingerprint density at radius 2 is 2.10 bits per heavy atom. The lowest BCUT2D eigenvalue weighted by atomic mass is 9.89. The van der Waals surface area contributed by atoms with Gasteiger partial charge < -0.3 is 10.5 Å². The minimum atomic E-state index is 0.633. The Hall–Kier alpha value is -2.11. The molecule has 1 aromatic carbocycles. The molecule has 6 heteroatoms. The lowest BCUT2D eigenvalue weighted by Gasteiger charge is -2.21. The molecule has 0 atom stereocenters. The van der Waals surface area contributed by atoms with Gasteiger partial charge in [0, 0.05) is 12.2 Å². The van der Waals surface area contributed by atoms with Crippen molar-refractivity contribution in [2.24, 2.45) is 5.92 Å². The second kappa shape index (κ2) is 6.11. The molecule has 6 nitrogen and oxygen atoms in total. The summed E-state index contributed by atoms with van der Waals surface area (Å²) in [6.07, 6.45) is 6.46. The van der Waals surface area contributed by atoms with Crippen molar-refractivity contribution in [3.05, 3.63) is 18.2 Å². The first-order valence-electron chi connectivity index (χ1n) is 7.48. The summed E-state index contributed by atoms with van der Waals surface area (Å²) in [5.41, 5.74) is 7.51. The van der Waals surface area contributed by atoms with E-state index >= 15 is 0 Å². The van der Waals surface area contributed by atoms with Crippen molar-refractivity contribution in [1.29, 1.82) is 0 Å². The van der Waals surface area contributed by atoms with Crippen LogP contribution in [-0.4, -0.2) is 27.3 Å². The zero-order valence-corrected chi connectivity index (χ0v) is 12.3. The molecule has 0 amide bonds. The van der Waals surface area contributed by atoms with E-state index in [4.69, 9.17) is 10.5 Å². The predicted molar refractivity (Wildman–Crippen MR) is 80.8 cm³/mol. The Morgan fingerprint density at radius 3 is 2.86 bits per heavy atom. The number of aromatic nitrogens is 4. The maximum Gasteiger partial charge on any atom is 0.187 e.